The smallest absolute Gasteiger partial charge is 0.311 e. The largest absolute Gasteiger partial charge is 0.481 e. The molecule has 0 heterocycles. The summed E-state index contributed by atoms with van der Waals surface area (Å²) in [4.78, 5) is 22.6. The summed E-state index contributed by atoms with van der Waals surface area (Å²) >= 11 is 0. The lowest BCUT2D eigenvalue weighted by Gasteiger charge is -2.16. The Kier molecular flexibility index (Phi) is 0.774. The Bertz CT molecular complexity index is 345. The van der Waals surface area contributed by atoms with E-state index in [4.69, 9.17) is 0 Å². The molecule has 4 aliphatic carbocycles. The molecule has 74 valence electrons. The summed E-state index contributed by atoms with van der Waals surface area (Å²) in [7, 11) is 0. The van der Waals surface area contributed by atoms with Gasteiger partial charge in [-0.2, -0.15) is 0 Å². The minimum atomic E-state index is -0.850. The first-order valence-corrected chi connectivity index (χ1v) is 5.06. The number of aliphatic carboxylic acids is 2. The Morgan fingerprint density at radius 2 is 1.14 bits per heavy atom. The average Bonchev–Trinajstić information content (AvgIpc) is 2.89. The number of carboxylic acids is 2. The molecule has 2 unspecified atom stereocenters. The van der Waals surface area contributed by atoms with Gasteiger partial charge >= 0.3 is 11.9 Å². The van der Waals surface area contributed by atoms with Crippen LogP contribution in [0.4, 0.5) is 0 Å². The fraction of sp³-hybridized carbons (Fsp3) is 0.800. The summed E-state index contributed by atoms with van der Waals surface area (Å²) in [5.41, 5.74) is -1.68. The van der Waals surface area contributed by atoms with Crippen molar-refractivity contribution in [3.63, 3.8) is 0 Å². The van der Waals surface area contributed by atoms with E-state index in [-0.39, 0.29) is 23.7 Å². The van der Waals surface area contributed by atoms with Crippen LogP contribution < -0.4 is 0 Å². The number of carboxylic acid groups (broad SMARTS) is 2. The van der Waals surface area contributed by atoms with E-state index in [0.717, 1.165) is 12.8 Å². The zero-order chi connectivity index (χ0) is 9.88. The van der Waals surface area contributed by atoms with Crippen molar-refractivity contribution in [2.75, 3.05) is 0 Å². The molecule has 0 aromatic heterocycles. The van der Waals surface area contributed by atoms with Crippen LogP contribution in [-0.2, 0) is 9.59 Å². The van der Waals surface area contributed by atoms with Crippen LogP contribution in [0.1, 0.15) is 12.8 Å². The van der Waals surface area contributed by atoms with Crippen molar-refractivity contribution in [3.05, 3.63) is 0 Å². The average molecular weight is 194 g/mol. The number of rotatable bonds is 2. The van der Waals surface area contributed by atoms with E-state index in [1.54, 1.807) is 0 Å². The van der Waals surface area contributed by atoms with Crippen LogP contribution in [0.3, 0.4) is 0 Å². The summed E-state index contributed by atoms with van der Waals surface area (Å²) in [6, 6.07) is 0. The van der Waals surface area contributed by atoms with E-state index in [0.29, 0.717) is 0 Å². The summed E-state index contributed by atoms with van der Waals surface area (Å²) in [5, 5.41) is 18.5. The molecule has 4 saturated carbocycles. The third kappa shape index (κ3) is 0.345. The van der Waals surface area contributed by atoms with E-state index in [2.05, 4.69) is 0 Å². The van der Waals surface area contributed by atoms with Gasteiger partial charge in [-0.05, 0) is 36.5 Å². The van der Waals surface area contributed by atoms with Crippen LogP contribution >= 0.6 is 0 Å². The summed E-state index contributed by atoms with van der Waals surface area (Å²) in [6.07, 6.45) is 1.71. The van der Waals surface area contributed by atoms with Gasteiger partial charge in [0.15, 0.2) is 0 Å². The van der Waals surface area contributed by atoms with Crippen LogP contribution in [-0.4, -0.2) is 22.2 Å². The molecule has 4 rings (SSSR count). The molecule has 0 saturated heterocycles. The fourth-order valence-corrected chi connectivity index (χ4v) is 5.24. The minimum absolute atomic E-state index is 0.186. The number of carbonyl (C=O) groups is 2. The van der Waals surface area contributed by atoms with Crippen molar-refractivity contribution in [1.82, 2.24) is 0 Å². The Morgan fingerprint density at radius 1 is 0.857 bits per heavy atom. The third-order valence-electron chi connectivity index (χ3n) is 5.50. The Labute approximate surface area is 79.9 Å². The van der Waals surface area contributed by atoms with Gasteiger partial charge < -0.3 is 10.2 Å². The van der Waals surface area contributed by atoms with E-state index < -0.39 is 22.8 Å². The van der Waals surface area contributed by atoms with Crippen molar-refractivity contribution < 1.29 is 19.8 Å². The van der Waals surface area contributed by atoms with E-state index in [1.165, 1.54) is 0 Å². The highest BCUT2D eigenvalue weighted by Crippen LogP contribution is 2.97. The Hall–Kier alpha value is -1.06. The predicted molar refractivity (Wildman–Crippen MR) is 43.3 cm³/mol. The molecule has 4 heteroatoms. The summed E-state index contributed by atoms with van der Waals surface area (Å²) < 4.78 is 0. The molecular weight excluding hydrogens is 184 g/mol. The standard InChI is InChI=1S/C10H10O4/c11-7(12)9-3-1-4-6(2-5(3)9)10(4,9)8(13)14/h3-6H,1-2H2,(H,11,12)(H,13,14)/t3-,4+,5+,6-,9?,10?. The molecule has 0 aromatic rings. The van der Waals surface area contributed by atoms with E-state index in [9.17, 15) is 19.8 Å². The van der Waals surface area contributed by atoms with Gasteiger partial charge in [0, 0.05) is 0 Å². The Morgan fingerprint density at radius 3 is 1.36 bits per heavy atom. The zero-order valence-corrected chi connectivity index (χ0v) is 7.43. The van der Waals surface area contributed by atoms with Crippen LogP contribution in [0.15, 0.2) is 0 Å². The molecule has 14 heavy (non-hydrogen) atoms. The van der Waals surface area contributed by atoms with Crippen molar-refractivity contribution >= 4 is 11.9 Å². The maximum Gasteiger partial charge on any atom is 0.311 e. The monoisotopic (exact) mass is 194 g/mol. The Balaban J connectivity index is 1.96. The van der Waals surface area contributed by atoms with Crippen LogP contribution in [0.5, 0.6) is 0 Å². The normalized spacial score (nSPS) is 64.9. The molecular formula is C10H10O4. The fourth-order valence-electron chi connectivity index (χ4n) is 5.24. The lowest BCUT2D eigenvalue weighted by atomic mass is 9.86. The lowest BCUT2D eigenvalue weighted by Crippen LogP contribution is -2.34. The topological polar surface area (TPSA) is 74.6 Å². The molecule has 2 N–H and O–H groups in total. The first kappa shape index (κ1) is 7.26. The molecule has 0 aliphatic heterocycles. The zero-order valence-electron chi connectivity index (χ0n) is 7.43. The molecule has 0 aromatic carbocycles. The third-order valence-corrected chi connectivity index (χ3v) is 5.50. The summed E-state index contributed by atoms with van der Waals surface area (Å²) in [6.45, 7) is 0. The lowest BCUT2D eigenvalue weighted by molar-refractivity contribution is -0.158. The maximum absolute atomic E-state index is 11.3. The van der Waals surface area contributed by atoms with Gasteiger partial charge in [-0.3, -0.25) is 9.59 Å². The first-order chi connectivity index (χ1) is 6.59. The molecule has 4 aliphatic rings. The van der Waals surface area contributed by atoms with Gasteiger partial charge in [0.25, 0.3) is 0 Å². The first-order valence-electron chi connectivity index (χ1n) is 5.06. The van der Waals surface area contributed by atoms with Gasteiger partial charge in [-0.15, -0.1) is 0 Å². The molecule has 6 atom stereocenters. The minimum Gasteiger partial charge on any atom is -0.481 e. The molecule has 0 spiro atoms. The SMILES string of the molecule is O=C(O)C12[C@@H]3C[C@H]4[C@@H](C[C@@H]31)C42C(=O)O. The van der Waals surface area contributed by atoms with Gasteiger partial charge in [-0.25, -0.2) is 0 Å². The van der Waals surface area contributed by atoms with Crippen molar-refractivity contribution in [2.45, 2.75) is 12.8 Å². The van der Waals surface area contributed by atoms with Crippen molar-refractivity contribution in [1.29, 1.82) is 0 Å². The van der Waals surface area contributed by atoms with Gasteiger partial charge in [-0.1, -0.05) is 0 Å². The quantitative estimate of drug-likeness (QED) is 0.668. The second-order valence-electron chi connectivity index (χ2n) is 5.25. The van der Waals surface area contributed by atoms with E-state index >= 15 is 0 Å². The second-order valence-corrected chi connectivity index (χ2v) is 5.25. The van der Waals surface area contributed by atoms with Gasteiger partial charge in [0.05, 0.1) is 10.8 Å². The van der Waals surface area contributed by atoms with Crippen molar-refractivity contribution in [3.8, 4) is 0 Å². The van der Waals surface area contributed by atoms with Crippen molar-refractivity contribution in [2.24, 2.45) is 34.5 Å². The molecule has 4 nitrogen and oxygen atoms in total. The molecule has 0 radical (unpaired) electrons. The predicted octanol–water partition coefficient (Wildman–Crippen LogP) is 0.428. The van der Waals surface area contributed by atoms with Gasteiger partial charge in [0.2, 0.25) is 0 Å². The number of hydrogen-bond donors (Lipinski definition) is 2. The number of hydrogen-bond acceptors (Lipinski definition) is 2. The highest BCUT2D eigenvalue weighted by molar-refractivity contribution is 5.96. The number of fused-ring (bicyclic) bond motifs is 2. The molecule has 0 bridgehead atoms. The molecule has 4 fully saturated rings. The second kappa shape index (κ2) is 1.49. The van der Waals surface area contributed by atoms with Crippen LogP contribution in [0.25, 0.3) is 0 Å². The summed E-state index contributed by atoms with van der Waals surface area (Å²) in [5.74, 6) is -0.954. The van der Waals surface area contributed by atoms with Crippen LogP contribution in [0.2, 0.25) is 0 Å². The highest BCUT2D eigenvalue weighted by Gasteiger charge is 3.01. The van der Waals surface area contributed by atoms with Gasteiger partial charge in [0.1, 0.15) is 0 Å². The van der Waals surface area contributed by atoms with Crippen LogP contribution in [0, 0.1) is 34.5 Å². The van der Waals surface area contributed by atoms with E-state index in [1.807, 2.05) is 0 Å². The maximum atomic E-state index is 11.3. The molecule has 0 amide bonds. The highest BCUT2D eigenvalue weighted by atomic mass is 16.4.